The minimum Gasteiger partial charge on any atom is -0.339 e. The maximum Gasteiger partial charge on any atom is 0.138 e. The van der Waals surface area contributed by atoms with Crippen LogP contribution in [-0.4, -0.2) is 5.84 Å². The lowest BCUT2D eigenvalue weighted by atomic mass is 10.0. The third-order valence-corrected chi connectivity index (χ3v) is 5.60. The molecule has 34 heavy (non-hydrogen) atoms. The molecule has 5 rings (SSSR count). The lowest BCUT2D eigenvalue weighted by Crippen LogP contribution is -2.14. The van der Waals surface area contributed by atoms with Crippen LogP contribution in [0.3, 0.4) is 0 Å². The van der Waals surface area contributed by atoms with Crippen LogP contribution in [0.25, 0.3) is 22.3 Å². The minimum atomic E-state index is -0.280. The van der Waals surface area contributed by atoms with Gasteiger partial charge in [0.25, 0.3) is 0 Å². The van der Waals surface area contributed by atoms with Crippen molar-refractivity contribution in [2.75, 3.05) is 5.32 Å². The fraction of sp³-hybridized carbons (Fsp3) is 0. The number of amidine groups is 1. The largest absolute Gasteiger partial charge is 0.339 e. The molecule has 5 aromatic rings. The summed E-state index contributed by atoms with van der Waals surface area (Å²) >= 11 is 0. The number of halogens is 1. The highest BCUT2D eigenvalue weighted by Gasteiger charge is 2.11. The molecule has 1 N–H and O–H groups in total. The van der Waals surface area contributed by atoms with Gasteiger partial charge in [-0.1, -0.05) is 97.1 Å². The van der Waals surface area contributed by atoms with Crippen molar-refractivity contribution < 1.29 is 4.39 Å². The third-order valence-electron chi connectivity index (χ3n) is 5.60. The fourth-order valence-corrected chi connectivity index (χ4v) is 3.91. The highest BCUT2D eigenvalue weighted by molar-refractivity contribution is 6.11. The molecule has 3 heteroatoms. The Morgan fingerprint density at radius 1 is 0.529 bits per heavy atom. The maximum absolute atomic E-state index is 13.7. The topological polar surface area (TPSA) is 24.4 Å². The Morgan fingerprint density at radius 3 is 1.74 bits per heavy atom. The molecule has 0 aliphatic rings. The normalized spacial score (nSPS) is 11.3. The van der Waals surface area contributed by atoms with Crippen molar-refractivity contribution >= 4 is 17.2 Å². The van der Waals surface area contributed by atoms with Gasteiger partial charge in [0.1, 0.15) is 11.7 Å². The molecule has 0 radical (unpaired) electrons. The monoisotopic (exact) mass is 442 g/mol. The minimum absolute atomic E-state index is 0.280. The molecular weight excluding hydrogens is 419 g/mol. The molecule has 0 heterocycles. The Morgan fingerprint density at radius 2 is 1.06 bits per heavy atom. The van der Waals surface area contributed by atoms with Crippen LogP contribution < -0.4 is 5.32 Å². The average Bonchev–Trinajstić information content (AvgIpc) is 2.90. The van der Waals surface area contributed by atoms with E-state index in [0.717, 1.165) is 39.2 Å². The van der Waals surface area contributed by atoms with Crippen molar-refractivity contribution in [3.8, 4) is 22.3 Å². The number of aliphatic imine (C=N–C) groups is 1. The maximum atomic E-state index is 13.7. The molecule has 5 aromatic carbocycles. The molecule has 0 atom stereocenters. The number of hydrogen-bond donors (Lipinski definition) is 1. The highest BCUT2D eigenvalue weighted by atomic mass is 19.1. The molecule has 0 unspecified atom stereocenters. The van der Waals surface area contributed by atoms with E-state index in [9.17, 15) is 4.39 Å². The zero-order valence-electron chi connectivity index (χ0n) is 18.5. The van der Waals surface area contributed by atoms with E-state index in [1.807, 2.05) is 72.8 Å². The number of para-hydroxylation sites is 2. The Kier molecular flexibility index (Phi) is 6.26. The summed E-state index contributed by atoms with van der Waals surface area (Å²) in [6, 6.07) is 43.0. The molecule has 0 amide bonds. The third kappa shape index (κ3) is 4.79. The van der Waals surface area contributed by atoms with Gasteiger partial charge in [-0.3, -0.25) is 0 Å². The van der Waals surface area contributed by atoms with E-state index in [4.69, 9.17) is 4.99 Å². The zero-order valence-corrected chi connectivity index (χ0v) is 18.5. The van der Waals surface area contributed by atoms with Gasteiger partial charge in [0, 0.05) is 22.4 Å². The van der Waals surface area contributed by atoms with Crippen LogP contribution in [0.4, 0.5) is 15.8 Å². The van der Waals surface area contributed by atoms with Crippen LogP contribution in [0.2, 0.25) is 0 Å². The zero-order chi connectivity index (χ0) is 23.2. The number of benzene rings is 5. The van der Waals surface area contributed by atoms with Gasteiger partial charge in [-0.05, 0) is 47.5 Å². The van der Waals surface area contributed by atoms with E-state index in [-0.39, 0.29) is 5.82 Å². The van der Waals surface area contributed by atoms with Crippen molar-refractivity contribution in [3.05, 3.63) is 145 Å². The second-order valence-electron chi connectivity index (χ2n) is 7.89. The van der Waals surface area contributed by atoms with Gasteiger partial charge in [0.2, 0.25) is 0 Å². The first-order valence-electron chi connectivity index (χ1n) is 11.2. The molecule has 0 fully saturated rings. The number of nitrogens with zero attached hydrogens (tertiary/aromatic N) is 1. The molecule has 0 aromatic heterocycles. The molecule has 0 saturated heterocycles. The quantitative estimate of drug-likeness (QED) is 0.215. The van der Waals surface area contributed by atoms with E-state index in [1.165, 1.54) is 12.1 Å². The molecule has 0 bridgehead atoms. The van der Waals surface area contributed by atoms with Crippen LogP contribution >= 0.6 is 0 Å². The van der Waals surface area contributed by atoms with E-state index in [0.29, 0.717) is 5.84 Å². The summed E-state index contributed by atoms with van der Waals surface area (Å²) < 4.78 is 13.7. The van der Waals surface area contributed by atoms with Crippen LogP contribution in [-0.2, 0) is 0 Å². The predicted octanol–water partition coefficient (Wildman–Crippen LogP) is 8.35. The number of hydrogen-bond acceptors (Lipinski definition) is 1. The summed E-state index contributed by atoms with van der Waals surface area (Å²) in [5.74, 6) is 0.365. The van der Waals surface area contributed by atoms with Crippen LogP contribution in [0.1, 0.15) is 5.56 Å². The number of anilines is 1. The fourth-order valence-electron chi connectivity index (χ4n) is 3.91. The summed E-state index contributed by atoms with van der Waals surface area (Å²) in [6.45, 7) is 0. The summed E-state index contributed by atoms with van der Waals surface area (Å²) in [6.07, 6.45) is 0. The summed E-state index contributed by atoms with van der Waals surface area (Å²) in [7, 11) is 0. The summed E-state index contributed by atoms with van der Waals surface area (Å²) in [5.41, 5.74) is 6.84. The van der Waals surface area contributed by atoms with Crippen LogP contribution in [0.15, 0.2) is 138 Å². The van der Waals surface area contributed by atoms with Gasteiger partial charge in [0.05, 0.1) is 5.69 Å². The standard InChI is InChI=1S/C31H23FN2/c32-26-21-19-25(20-22-26)31(33-29-17-9-7-15-27(29)23-11-3-1-4-12-23)34-30-18-10-8-16-28(30)24-13-5-2-6-14-24/h1-22H,(H,33,34). The molecule has 0 saturated carbocycles. The molecule has 2 nitrogen and oxygen atoms in total. The highest BCUT2D eigenvalue weighted by Crippen LogP contribution is 2.32. The first kappa shape index (κ1) is 21.4. The van der Waals surface area contributed by atoms with Crippen LogP contribution in [0, 0.1) is 5.82 Å². The number of nitrogens with one attached hydrogen (secondary N) is 1. The Labute approximate surface area is 199 Å². The Hall–Kier alpha value is -4.50. The van der Waals surface area contributed by atoms with Crippen molar-refractivity contribution in [2.45, 2.75) is 0 Å². The van der Waals surface area contributed by atoms with Crippen LogP contribution in [0.5, 0.6) is 0 Å². The summed E-state index contributed by atoms with van der Waals surface area (Å²) in [4.78, 5) is 5.05. The Bertz CT molecular complexity index is 1410. The van der Waals surface area contributed by atoms with Crippen molar-refractivity contribution in [2.24, 2.45) is 4.99 Å². The lowest BCUT2D eigenvalue weighted by molar-refractivity contribution is 0.628. The van der Waals surface area contributed by atoms with Gasteiger partial charge in [-0.15, -0.1) is 0 Å². The molecule has 0 spiro atoms. The van der Waals surface area contributed by atoms with Gasteiger partial charge in [-0.2, -0.15) is 0 Å². The first-order valence-corrected chi connectivity index (χ1v) is 11.2. The Balaban J connectivity index is 1.63. The SMILES string of the molecule is Fc1ccc(C(=Nc2ccccc2-c2ccccc2)Nc2ccccc2-c2ccccc2)cc1. The van der Waals surface area contributed by atoms with Crippen molar-refractivity contribution in [3.63, 3.8) is 0 Å². The van der Waals surface area contributed by atoms with Gasteiger partial charge >= 0.3 is 0 Å². The first-order chi connectivity index (χ1) is 16.8. The average molecular weight is 443 g/mol. The molecule has 0 aliphatic carbocycles. The van der Waals surface area contributed by atoms with E-state index < -0.39 is 0 Å². The number of rotatable bonds is 5. The predicted molar refractivity (Wildman–Crippen MR) is 140 cm³/mol. The van der Waals surface area contributed by atoms with Crippen molar-refractivity contribution in [1.29, 1.82) is 0 Å². The molecule has 164 valence electrons. The second kappa shape index (κ2) is 9.97. The van der Waals surface area contributed by atoms with Gasteiger partial charge in [-0.25, -0.2) is 9.38 Å². The van der Waals surface area contributed by atoms with Crippen molar-refractivity contribution in [1.82, 2.24) is 0 Å². The van der Waals surface area contributed by atoms with Gasteiger partial charge < -0.3 is 5.32 Å². The van der Waals surface area contributed by atoms with E-state index >= 15 is 0 Å². The second-order valence-corrected chi connectivity index (χ2v) is 7.89. The lowest BCUT2D eigenvalue weighted by Gasteiger charge is -2.16. The molecule has 0 aliphatic heterocycles. The molecular formula is C31H23FN2. The van der Waals surface area contributed by atoms with Gasteiger partial charge in [0.15, 0.2) is 0 Å². The van der Waals surface area contributed by atoms with E-state index in [2.05, 4.69) is 41.7 Å². The van der Waals surface area contributed by atoms with E-state index in [1.54, 1.807) is 12.1 Å². The smallest absolute Gasteiger partial charge is 0.138 e. The summed E-state index contributed by atoms with van der Waals surface area (Å²) in [5, 5.41) is 3.54.